The average Bonchev–Trinajstić information content (AvgIpc) is 3.42. The molecule has 0 unspecified atom stereocenters. The summed E-state index contributed by atoms with van der Waals surface area (Å²) in [6.45, 7) is 0. The molecule has 146 valence electrons. The van der Waals surface area contributed by atoms with E-state index in [9.17, 15) is 0 Å². The number of pyridine rings is 2. The highest BCUT2D eigenvalue weighted by Crippen LogP contribution is 2.35. The van der Waals surface area contributed by atoms with Crippen LogP contribution in [0.5, 0.6) is 0 Å². The van der Waals surface area contributed by atoms with Gasteiger partial charge in [0.15, 0.2) is 0 Å². The van der Waals surface area contributed by atoms with E-state index in [0.717, 1.165) is 33.8 Å². The van der Waals surface area contributed by atoms with Gasteiger partial charge in [-0.1, -0.05) is 18.9 Å². The van der Waals surface area contributed by atoms with Crippen LogP contribution in [0.3, 0.4) is 0 Å². The summed E-state index contributed by atoms with van der Waals surface area (Å²) < 4.78 is 2.00. The van der Waals surface area contributed by atoms with Crippen molar-refractivity contribution in [1.29, 1.82) is 0 Å². The quantitative estimate of drug-likeness (QED) is 0.535. The lowest BCUT2D eigenvalue weighted by Gasteiger charge is -2.14. The van der Waals surface area contributed by atoms with Crippen LogP contribution in [0.25, 0.3) is 28.0 Å². The van der Waals surface area contributed by atoms with Crippen LogP contribution in [0.2, 0.25) is 0 Å². The van der Waals surface area contributed by atoms with Crippen LogP contribution in [-0.2, 0) is 0 Å². The molecule has 4 aromatic heterocycles. The normalized spacial score (nSPS) is 14.4. The minimum absolute atomic E-state index is 0.507. The Kier molecular flexibility index (Phi) is 4.56. The van der Waals surface area contributed by atoms with Gasteiger partial charge in [0.2, 0.25) is 5.95 Å². The van der Waals surface area contributed by atoms with Crippen molar-refractivity contribution in [3.05, 3.63) is 55.0 Å². The molecule has 0 radical (unpaired) electrons. The Morgan fingerprint density at radius 2 is 1.83 bits per heavy atom. The average molecular weight is 385 g/mol. The van der Waals surface area contributed by atoms with Gasteiger partial charge >= 0.3 is 0 Å². The van der Waals surface area contributed by atoms with E-state index < -0.39 is 0 Å². The minimum Gasteiger partial charge on any atom is -0.367 e. The Balaban J connectivity index is 1.72. The Hall–Kier alpha value is -3.48. The number of rotatable bonds is 5. The standard InChI is InChI=1S/C22H23N7/c1-23-22-25-14-11-17(27-22)20-18-7-4-8-19(26-16-5-2-3-6-16)29(18)28-21(20)15-9-12-24-13-10-15/h4,7-14,16,26H,2-3,5-6H2,1H3,(H,23,25,27). The predicted octanol–water partition coefficient (Wildman–Crippen LogP) is 4.25. The molecule has 1 aliphatic carbocycles. The predicted molar refractivity (Wildman–Crippen MR) is 115 cm³/mol. The highest BCUT2D eigenvalue weighted by atomic mass is 15.3. The summed E-state index contributed by atoms with van der Waals surface area (Å²) in [6, 6.07) is 12.7. The molecule has 0 aliphatic heterocycles. The van der Waals surface area contributed by atoms with Crippen molar-refractivity contribution in [2.24, 2.45) is 0 Å². The summed E-state index contributed by atoms with van der Waals surface area (Å²) in [6.07, 6.45) is 10.3. The topological polar surface area (TPSA) is 80.0 Å². The molecule has 29 heavy (non-hydrogen) atoms. The fourth-order valence-corrected chi connectivity index (χ4v) is 4.04. The van der Waals surface area contributed by atoms with E-state index in [1.807, 2.05) is 29.8 Å². The molecule has 0 spiro atoms. The largest absolute Gasteiger partial charge is 0.367 e. The lowest BCUT2D eigenvalue weighted by Crippen LogP contribution is -2.16. The fraction of sp³-hybridized carbons (Fsp3) is 0.273. The number of aromatic nitrogens is 5. The Morgan fingerprint density at radius 3 is 2.62 bits per heavy atom. The van der Waals surface area contributed by atoms with Gasteiger partial charge in [0.05, 0.1) is 16.8 Å². The van der Waals surface area contributed by atoms with E-state index in [1.54, 1.807) is 18.6 Å². The second kappa shape index (κ2) is 7.50. The van der Waals surface area contributed by atoms with Crippen LogP contribution in [0.15, 0.2) is 55.0 Å². The number of anilines is 2. The van der Waals surface area contributed by atoms with Crippen LogP contribution in [0.1, 0.15) is 25.7 Å². The maximum atomic E-state index is 5.00. The zero-order valence-corrected chi connectivity index (χ0v) is 16.3. The lowest BCUT2D eigenvalue weighted by atomic mass is 10.0. The van der Waals surface area contributed by atoms with E-state index in [1.165, 1.54) is 25.7 Å². The van der Waals surface area contributed by atoms with E-state index in [-0.39, 0.29) is 0 Å². The Morgan fingerprint density at radius 1 is 1.00 bits per heavy atom. The molecule has 7 heteroatoms. The molecule has 0 bridgehead atoms. The summed E-state index contributed by atoms with van der Waals surface area (Å²) >= 11 is 0. The first-order valence-electron chi connectivity index (χ1n) is 10.0. The molecule has 2 N–H and O–H groups in total. The highest BCUT2D eigenvalue weighted by Gasteiger charge is 2.21. The van der Waals surface area contributed by atoms with Gasteiger partial charge in [0, 0.05) is 37.2 Å². The summed E-state index contributed by atoms with van der Waals surface area (Å²) in [4.78, 5) is 13.1. The third-order valence-corrected chi connectivity index (χ3v) is 5.45. The van der Waals surface area contributed by atoms with Crippen LogP contribution in [-0.4, -0.2) is 37.7 Å². The number of fused-ring (bicyclic) bond motifs is 1. The first kappa shape index (κ1) is 17.6. The molecule has 1 saturated carbocycles. The molecular formula is C22H23N7. The second-order valence-electron chi connectivity index (χ2n) is 7.31. The van der Waals surface area contributed by atoms with Gasteiger partial charge in [-0.05, 0) is 43.2 Å². The maximum Gasteiger partial charge on any atom is 0.222 e. The van der Waals surface area contributed by atoms with Crippen molar-refractivity contribution in [2.45, 2.75) is 31.7 Å². The molecule has 0 aromatic carbocycles. The number of nitrogens with zero attached hydrogens (tertiary/aromatic N) is 5. The zero-order valence-electron chi connectivity index (χ0n) is 16.3. The molecule has 1 fully saturated rings. The first-order chi connectivity index (χ1) is 14.3. The molecule has 5 rings (SSSR count). The third-order valence-electron chi connectivity index (χ3n) is 5.45. The van der Waals surface area contributed by atoms with Crippen molar-refractivity contribution in [3.8, 4) is 22.5 Å². The Bertz CT molecular complexity index is 1130. The van der Waals surface area contributed by atoms with Crippen molar-refractivity contribution in [1.82, 2.24) is 24.6 Å². The van der Waals surface area contributed by atoms with Gasteiger partial charge in [-0.15, -0.1) is 0 Å². The molecule has 1 aliphatic rings. The van der Waals surface area contributed by atoms with Crippen LogP contribution in [0, 0.1) is 0 Å². The maximum absolute atomic E-state index is 5.00. The van der Waals surface area contributed by atoms with Crippen molar-refractivity contribution in [2.75, 3.05) is 17.7 Å². The highest BCUT2D eigenvalue weighted by molar-refractivity contribution is 5.91. The van der Waals surface area contributed by atoms with E-state index >= 15 is 0 Å². The molecule has 0 atom stereocenters. The number of nitrogens with one attached hydrogen (secondary N) is 2. The number of hydrogen-bond acceptors (Lipinski definition) is 6. The van der Waals surface area contributed by atoms with E-state index in [2.05, 4.69) is 38.8 Å². The summed E-state index contributed by atoms with van der Waals surface area (Å²) in [5, 5.41) is 11.7. The van der Waals surface area contributed by atoms with Gasteiger partial charge in [0.25, 0.3) is 0 Å². The van der Waals surface area contributed by atoms with Crippen molar-refractivity contribution < 1.29 is 0 Å². The first-order valence-corrected chi connectivity index (χ1v) is 10.0. The van der Waals surface area contributed by atoms with Crippen molar-refractivity contribution >= 4 is 17.3 Å². The zero-order chi connectivity index (χ0) is 19.6. The van der Waals surface area contributed by atoms with Gasteiger partial charge < -0.3 is 10.6 Å². The van der Waals surface area contributed by atoms with E-state index in [0.29, 0.717) is 12.0 Å². The van der Waals surface area contributed by atoms with Crippen LogP contribution >= 0.6 is 0 Å². The smallest absolute Gasteiger partial charge is 0.222 e. The second-order valence-corrected chi connectivity index (χ2v) is 7.31. The Labute approximate surface area is 169 Å². The van der Waals surface area contributed by atoms with Gasteiger partial charge in [-0.3, -0.25) is 4.98 Å². The minimum atomic E-state index is 0.507. The SMILES string of the molecule is CNc1nccc(-c2c(-c3ccncc3)nn3c(NC4CCCC4)cccc23)n1. The summed E-state index contributed by atoms with van der Waals surface area (Å²) in [7, 11) is 1.82. The lowest BCUT2D eigenvalue weighted by molar-refractivity contribution is 0.742. The van der Waals surface area contributed by atoms with Crippen LogP contribution < -0.4 is 10.6 Å². The van der Waals surface area contributed by atoms with Gasteiger partial charge in [-0.25, -0.2) is 14.5 Å². The van der Waals surface area contributed by atoms with E-state index in [4.69, 9.17) is 10.1 Å². The molecule has 0 saturated heterocycles. The van der Waals surface area contributed by atoms with Gasteiger partial charge in [0.1, 0.15) is 11.5 Å². The molecule has 7 nitrogen and oxygen atoms in total. The summed E-state index contributed by atoms with van der Waals surface area (Å²) in [5.41, 5.74) is 4.74. The van der Waals surface area contributed by atoms with Gasteiger partial charge in [-0.2, -0.15) is 5.10 Å². The molecule has 0 amide bonds. The molecular weight excluding hydrogens is 362 g/mol. The third kappa shape index (κ3) is 3.29. The molecule has 4 heterocycles. The molecule has 4 aromatic rings. The monoisotopic (exact) mass is 385 g/mol. The fourth-order valence-electron chi connectivity index (χ4n) is 4.04. The summed E-state index contributed by atoms with van der Waals surface area (Å²) in [5.74, 6) is 1.60. The van der Waals surface area contributed by atoms with Crippen molar-refractivity contribution in [3.63, 3.8) is 0 Å². The number of hydrogen-bond donors (Lipinski definition) is 2. The van der Waals surface area contributed by atoms with Crippen LogP contribution in [0.4, 0.5) is 11.8 Å².